The third-order valence-electron chi connectivity index (χ3n) is 17.5. The van der Waals surface area contributed by atoms with Crippen LogP contribution >= 0.6 is 0 Å². The van der Waals surface area contributed by atoms with Crippen molar-refractivity contribution >= 4 is 23.9 Å². The Balaban J connectivity index is 1.07. The van der Waals surface area contributed by atoms with Crippen molar-refractivity contribution in [2.75, 3.05) is 34.5 Å². The number of benzene rings is 6. The van der Waals surface area contributed by atoms with E-state index in [1.165, 1.54) is 21.1 Å². The third-order valence-corrected chi connectivity index (χ3v) is 17.5. The van der Waals surface area contributed by atoms with Crippen molar-refractivity contribution in [1.29, 1.82) is 0 Å². The molecular weight excluding hydrogens is 1320 g/mol. The van der Waals surface area contributed by atoms with Crippen LogP contribution < -0.4 is 0 Å². The molecule has 542 valence electrons. The van der Waals surface area contributed by atoms with Gasteiger partial charge in [-0.1, -0.05) is 199 Å². The maximum Gasteiger partial charge on any atom is 0.337 e. The van der Waals surface area contributed by atoms with E-state index in [1.807, 2.05) is 127 Å². The van der Waals surface area contributed by atoms with Gasteiger partial charge in [-0.25, -0.2) is 9.59 Å². The zero-order chi connectivity index (χ0) is 71.7. The molecule has 0 aromatic heterocycles. The van der Waals surface area contributed by atoms with Crippen molar-refractivity contribution in [3.63, 3.8) is 0 Å². The highest BCUT2D eigenvalue weighted by Crippen LogP contribution is 2.41. The molecule has 0 aliphatic carbocycles. The van der Waals surface area contributed by atoms with Crippen molar-refractivity contribution in [3.05, 3.63) is 236 Å². The van der Waals surface area contributed by atoms with E-state index in [-0.39, 0.29) is 52.9 Å². The van der Waals surface area contributed by atoms with Crippen LogP contribution in [0.5, 0.6) is 0 Å². The lowest BCUT2D eigenvalue weighted by Crippen LogP contribution is -2.68. The van der Waals surface area contributed by atoms with Gasteiger partial charge in [0.2, 0.25) is 0 Å². The molecule has 28 heteroatoms. The Morgan fingerprint density at radius 1 is 0.382 bits per heavy atom. The maximum absolute atomic E-state index is 14.9. The van der Waals surface area contributed by atoms with Gasteiger partial charge in [0, 0.05) is 36.7 Å². The standard InChI is InChI=1S/C74H84N6O22/c1-45-58(90-39-50-29-17-9-18-30-50)67(94-46(2)81)73(98-59(45)69(83)85-4)99-61-55(44-89-38-49-27-15-8-16-28-49)97-72(57(78-80-76)63(61)92-41-52-33-21-11-22-34-52)101-65-64(93-42-53-35-23-12-24-36-53)68(95-47(3)82)74(102-66(65)70(84)86-5)100-60-54(43-88-37-48-25-13-7-14-26-48)96-71(87-6)56(77-79-75)62(60)91-40-51-31-19-10-20-32-51/h7-36,45,54-68,71-74H,37-44H2,1-6H3/t45-,54?,55?,56?,57?,58+,59?,60+,61+,62-,63-,64+,65-,66?,67?,68?,71-,72+,73+,74-/m1/s1. The molecule has 0 radical (unpaired) electrons. The molecule has 4 fully saturated rings. The largest absolute Gasteiger partial charge is 0.467 e. The van der Waals surface area contributed by atoms with Gasteiger partial charge in [0.05, 0.1) is 67.1 Å². The summed E-state index contributed by atoms with van der Waals surface area (Å²) < 4.78 is 117. The fourth-order valence-electron chi connectivity index (χ4n) is 12.6. The average molecular weight is 1410 g/mol. The number of carbonyl (C=O) groups is 4. The van der Waals surface area contributed by atoms with Crippen molar-refractivity contribution in [2.24, 2.45) is 16.1 Å². The number of azide groups is 2. The highest BCUT2D eigenvalue weighted by atomic mass is 16.8. The van der Waals surface area contributed by atoms with Crippen molar-refractivity contribution in [1.82, 2.24) is 0 Å². The first-order valence-corrected chi connectivity index (χ1v) is 33.3. The van der Waals surface area contributed by atoms with E-state index in [0.717, 1.165) is 36.3 Å². The van der Waals surface area contributed by atoms with E-state index in [2.05, 4.69) is 20.1 Å². The van der Waals surface area contributed by atoms with E-state index in [0.29, 0.717) is 11.1 Å². The molecule has 0 amide bonds. The Kier molecular flexibility index (Phi) is 28.7. The number of carbonyl (C=O) groups excluding carboxylic acids is 4. The lowest BCUT2D eigenvalue weighted by molar-refractivity contribution is -0.376. The Morgan fingerprint density at radius 3 is 1.08 bits per heavy atom. The van der Waals surface area contributed by atoms with Crippen molar-refractivity contribution in [3.8, 4) is 0 Å². The summed E-state index contributed by atoms with van der Waals surface area (Å²) in [4.78, 5) is 62.5. The Bertz CT molecular complexity index is 3670. The van der Waals surface area contributed by atoms with Gasteiger partial charge in [-0.2, -0.15) is 0 Å². The normalized spacial score (nSPS) is 29.2. The summed E-state index contributed by atoms with van der Waals surface area (Å²) in [6.45, 7) is 3.18. The van der Waals surface area contributed by atoms with Gasteiger partial charge in [0.15, 0.2) is 49.6 Å². The first-order valence-electron chi connectivity index (χ1n) is 33.3. The number of methoxy groups -OCH3 is 3. The quantitative estimate of drug-likeness (QED) is 0.0122. The molecule has 0 bridgehead atoms. The van der Waals surface area contributed by atoms with E-state index < -0.39 is 146 Å². The molecule has 10 rings (SSSR count). The second kappa shape index (κ2) is 38.5. The molecule has 28 nitrogen and oxygen atoms in total. The number of rotatable bonds is 33. The summed E-state index contributed by atoms with van der Waals surface area (Å²) in [5.74, 6) is -4.29. The minimum Gasteiger partial charge on any atom is -0.467 e. The average Bonchev–Trinajstić information content (AvgIpc) is 0.752. The third kappa shape index (κ3) is 20.3. The van der Waals surface area contributed by atoms with Crippen LogP contribution in [0.25, 0.3) is 20.9 Å². The van der Waals surface area contributed by atoms with E-state index in [9.17, 15) is 30.2 Å². The second-order valence-corrected chi connectivity index (χ2v) is 24.5. The maximum atomic E-state index is 14.9. The summed E-state index contributed by atoms with van der Waals surface area (Å²) >= 11 is 0. The highest BCUT2D eigenvalue weighted by Gasteiger charge is 2.60. The van der Waals surface area contributed by atoms with Gasteiger partial charge in [0.1, 0.15) is 67.0 Å². The summed E-state index contributed by atoms with van der Waals surface area (Å²) in [6.07, 6.45) is -25.6. The van der Waals surface area contributed by atoms with Crippen LogP contribution in [0.2, 0.25) is 0 Å². The number of hydrogen-bond acceptors (Lipinski definition) is 24. The first-order chi connectivity index (χ1) is 49.8. The molecule has 4 aliphatic heterocycles. The van der Waals surface area contributed by atoms with E-state index in [1.54, 1.807) is 61.5 Å². The topological polar surface area (TPSA) is 332 Å². The molecule has 20 atom stereocenters. The zero-order valence-corrected chi connectivity index (χ0v) is 57.2. The minimum atomic E-state index is -1.92. The van der Waals surface area contributed by atoms with Crippen LogP contribution in [0, 0.1) is 5.92 Å². The van der Waals surface area contributed by atoms with Crippen LogP contribution in [0.4, 0.5) is 0 Å². The Hall–Kier alpha value is -8.74. The molecule has 102 heavy (non-hydrogen) atoms. The van der Waals surface area contributed by atoms with Gasteiger partial charge >= 0.3 is 23.9 Å². The summed E-state index contributed by atoms with van der Waals surface area (Å²) in [5.41, 5.74) is 25.3. The molecule has 4 saturated heterocycles. The van der Waals surface area contributed by atoms with Crippen LogP contribution in [0.15, 0.2) is 192 Å². The molecule has 0 N–H and O–H groups in total. The van der Waals surface area contributed by atoms with Crippen LogP contribution in [-0.2, 0) is 144 Å². The zero-order valence-electron chi connectivity index (χ0n) is 57.2. The SMILES string of the molecule is COC(=O)C1O[C@@H](O[C@H]2C(COCc3ccccc3)O[C@@H](O[C@H]3C(C(=O)OC)O[C@@H](O[C@H]4C(COCc5ccccc5)O[C@@H](OC)C(N=[N+]=[N-])[C@H]4OCc4ccccc4)C(OC(C)=O)[C@H]3OCc3ccccc3)C(N=[N+]=[N-])[C@H]2OCc2ccccc2)C(OC(C)=O)[C@@H](OCc2ccccc2)[C@H]1C. The molecule has 0 spiro atoms. The van der Waals surface area contributed by atoms with Crippen LogP contribution in [0.1, 0.15) is 54.2 Å². The van der Waals surface area contributed by atoms with Gasteiger partial charge in [-0.05, 0) is 44.4 Å². The Labute approximate surface area is 590 Å². The lowest BCUT2D eigenvalue weighted by Gasteiger charge is -2.51. The van der Waals surface area contributed by atoms with E-state index in [4.69, 9.17) is 85.3 Å². The summed E-state index contributed by atoms with van der Waals surface area (Å²) in [5, 5.41) is 8.43. The van der Waals surface area contributed by atoms with Crippen molar-refractivity contribution < 1.29 is 104 Å². The van der Waals surface area contributed by atoms with Crippen LogP contribution in [-0.4, -0.2) is 175 Å². The number of hydrogen-bond donors (Lipinski definition) is 0. The summed E-state index contributed by atoms with van der Waals surface area (Å²) in [6, 6.07) is 52.0. The number of ether oxygens (including phenoxy) is 18. The minimum absolute atomic E-state index is 0.00619. The van der Waals surface area contributed by atoms with Crippen molar-refractivity contribution in [2.45, 2.75) is 177 Å². The first kappa shape index (κ1) is 75.9. The van der Waals surface area contributed by atoms with Gasteiger partial charge in [-0.15, -0.1) is 0 Å². The predicted molar refractivity (Wildman–Crippen MR) is 359 cm³/mol. The lowest BCUT2D eigenvalue weighted by atomic mass is 9.89. The van der Waals surface area contributed by atoms with E-state index >= 15 is 0 Å². The van der Waals surface area contributed by atoms with Crippen LogP contribution in [0.3, 0.4) is 0 Å². The summed E-state index contributed by atoms with van der Waals surface area (Å²) in [7, 11) is 3.69. The van der Waals surface area contributed by atoms with Gasteiger partial charge < -0.3 is 85.3 Å². The monoisotopic (exact) mass is 1410 g/mol. The van der Waals surface area contributed by atoms with Gasteiger partial charge in [0.25, 0.3) is 0 Å². The smallest absolute Gasteiger partial charge is 0.337 e. The highest BCUT2D eigenvalue weighted by molar-refractivity contribution is 5.76. The fourth-order valence-corrected chi connectivity index (χ4v) is 12.6. The molecule has 8 unspecified atom stereocenters. The molecule has 6 aromatic rings. The fraction of sp³-hybridized carbons (Fsp3) is 0.459. The molecular formula is C74H84N6O22. The molecule has 4 aliphatic rings. The predicted octanol–water partition coefficient (Wildman–Crippen LogP) is 9.67. The van der Waals surface area contributed by atoms with Gasteiger partial charge in [-0.3, -0.25) is 9.59 Å². The Morgan fingerprint density at radius 2 is 0.706 bits per heavy atom. The second-order valence-electron chi connectivity index (χ2n) is 24.5. The number of esters is 4. The molecule has 0 saturated carbocycles. The molecule has 6 aromatic carbocycles. The molecule has 4 heterocycles. The number of nitrogens with zero attached hydrogens (tertiary/aromatic N) is 6.